The maximum atomic E-state index is 14.7. The first kappa shape index (κ1) is 36.1. The number of aromatic nitrogens is 3. The molecule has 2 aromatic carbocycles. The summed E-state index contributed by atoms with van der Waals surface area (Å²) in [6.07, 6.45) is -0.346. The summed E-state index contributed by atoms with van der Waals surface area (Å²) in [5, 5.41) is 12.0. The van der Waals surface area contributed by atoms with Crippen LogP contribution in [0, 0.1) is 36.8 Å². The van der Waals surface area contributed by atoms with E-state index in [-0.39, 0.29) is 78.6 Å². The molecular formula is C35H38ClF4N7O2. The summed E-state index contributed by atoms with van der Waals surface area (Å²) in [4.78, 5) is 37.3. The number of amides is 1. The van der Waals surface area contributed by atoms with Crippen molar-refractivity contribution >= 4 is 34.3 Å². The van der Waals surface area contributed by atoms with E-state index >= 15 is 0 Å². The minimum Gasteiger partial charge on any atom is -0.345 e. The minimum atomic E-state index is -2.75. The van der Waals surface area contributed by atoms with Gasteiger partial charge in [0.1, 0.15) is 17.5 Å². The molecular weight excluding hydrogens is 662 g/mol. The summed E-state index contributed by atoms with van der Waals surface area (Å²) in [6, 6.07) is 6.69. The number of nitrogens with two attached hydrogens (primary N) is 1. The van der Waals surface area contributed by atoms with E-state index in [4.69, 9.17) is 32.8 Å². The molecule has 1 aliphatic carbocycles. The van der Waals surface area contributed by atoms with Gasteiger partial charge in [0, 0.05) is 48.2 Å². The van der Waals surface area contributed by atoms with Crippen LogP contribution in [-0.2, 0) is 11.2 Å². The molecule has 49 heavy (non-hydrogen) atoms. The van der Waals surface area contributed by atoms with Gasteiger partial charge in [0.05, 0.1) is 28.7 Å². The number of aryl methyl sites for hydroxylation is 1. The molecule has 1 unspecified atom stereocenters. The van der Waals surface area contributed by atoms with Crippen LogP contribution >= 0.6 is 11.6 Å². The van der Waals surface area contributed by atoms with Gasteiger partial charge in [-0.05, 0) is 79.6 Å². The molecule has 4 aromatic rings. The topological polar surface area (TPSA) is 139 Å². The third kappa shape index (κ3) is 7.68. The molecule has 9 nitrogen and oxygen atoms in total. The quantitative estimate of drug-likeness (QED) is 0.0645. The molecule has 0 radical (unpaired) electrons. The van der Waals surface area contributed by atoms with E-state index in [0.717, 1.165) is 18.2 Å². The smallest absolute Gasteiger partial charge is 0.267 e. The summed E-state index contributed by atoms with van der Waals surface area (Å²) in [5.41, 5.74) is 4.43. The minimum absolute atomic E-state index is 0.0146. The number of nitrogens with zero attached hydrogens (tertiary/aromatic N) is 3. The standard InChI is InChI=1S/C35H38ClF4N7O2/c1-17(2)31(41)30-19(4)27(6-5-24(30)36)47-33(26(44-28(48)16-43-42)14-20-12-22(37)15-23(38)13-20)46-32-29(34(47)49)18(3)11-25(45-32)21-7-9-35(39,40)10-8-21/h5-6,11-13,15,17,21,26,41,43H,7-10,14,16,42H2,1-4H3,(H,44,48). The fraction of sp³-hybridized carbons (Fsp3) is 0.400. The van der Waals surface area contributed by atoms with Crippen LogP contribution in [0.4, 0.5) is 17.6 Å². The number of nitrogens with one attached hydrogen (secondary N) is 3. The van der Waals surface area contributed by atoms with E-state index in [1.54, 1.807) is 32.0 Å². The van der Waals surface area contributed by atoms with E-state index < -0.39 is 35.1 Å². The second-order valence-electron chi connectivity index (χ2n) is 12.9. The normalized spacial score (nSPS) is 15.5. The van der Waals surface area contributed by atoms with Crippen molar-refractivity contribution in [3.63, 3.8) is 0 Å². The van der Waals surface area contributed by atoms with Gasteiger partial charge >= 0.3 is 0 Å². The number of hydrogen-bond acceptors (Lipinski definition) is 7. The van der Waals surface area contributed by atoms with Crippen molar-refractivity contribution < 1.29 is 22.4 Å². The van der Waals surface area contributed by atoms with Crippen molar-refractivity contribution in [2.75, 3.05) is 6.54 Å². The van der Waals surface area contributed by atoms with Crippen LogP contribution in [0.3, 0.4) is 0 Å². The molecule has 0 bridgehead atoms. The van der Waals surface area contributed by atoms with Crippen LogP contribution in [0.25, 0.3) is 16.7 Å². The van der Waals surface area contributed by atoms with E-state index in [0.29, 0.717) is 33.1 Å². The highest BCUT2D eigenvalue weighted by Crippen LogP contribution is 2.41. The van der Waals surface area contributed by atoms with Gasteiger partial charge in [-0.15, -0.1) is 0 Å². The molecule has 0 aliphatic heterocycles. The van der Waals surface area contributed by atoms with Gasteiger partial charge in [0.2, 0.25) is 11.8 Å². The molecule has 1 atom stereocenters. The van der Waals surface area contributed by atoms with Gasteiger partial charge in [-0.2, -0.15) is 0 Å². The first-order valence-electron chi connectivity index (χ1n) is 16.0. The van der Waals surface area contributed by atoms with Gasteiger partial charge < -0.3 is 10.7 Å². The Bertz CT molecular complexity index is 1970. The lowest BCUT2D eigenvalue weighted by Gasteiger charge is -2.28. The average Bonchev–Trinajstić information content (AvgIpc) is 3.00. The molecule has 1 amide bonds. The van der Waals surface area contributed by atoms with Crippen LogP contribution < -0.4 is 22.1 Å². The fourth-order valence-corrected chi connectivity index (χ4v) is 6.76. The zero-order valence-electron chi connectivity index (χ0n) is 27.6. The van der Waals surface area contributed by atoms with Crippen molar-refractivity contribution in [3.8, 4) is 5.69 Å². The van der Waals surface area contributed by atoms with Crippen molar-refractivity contribution in [1.82, 2.24) is 25.3 Å². The predicted octanol–water partition coefficient (Wildman–Crippen LogP) is 6.51. The first-order valence-corrected chi connectivity index (χ1v) is 16.4. The molecule has 14 heteroatoms. The number of rotatable bonds is 10. The zero-order valence-corrected chi connectivity index (χ0v) is 28.3. The number of alkyl halides is 2. The van der Waals surface area contributed by atoms with E-state index in [9.17, 15) is 27.2 Å². The molecule has 1 fully saturated rings. The number of halogens is 5. The Hall–Kier alpha value is -4.20. The highest BCUT2D eigenvalue weighted by molar-refractivity contribution is 6.34. The van der Waals surface area contributed by atoms with Gasteiger partial charge in [-0.1, -0.05) is 25.4 Å². The van der Waals surface area contributed by atoms with Crippen LogP contribution in [0.15, 0.2) is 41.2 Å². The fourth-order valence-electron chi connectivity index (χ4n) is 6.45. The third-order valence-electron chi connectivity index (χ3n) is 8.96. The lowest BCUT2D eigenvalue weighted by molar-refractivity contribution is -0.121. The largest absolute Gasteiger partial charge is 0.345 e. The maximum absolute atomic E-state index is 14.7. The van der Waals surface area contributed by atoms with Crippen LogP contribution in [-0.4, -0.2) is 38.6 Å². The van der Waals surface area contributed by atoms with E-state index in [2.05, 4.69) is 10.7 Å². The number of hydrogen-bond donors (Lipinski definition) is 4. The highest BCUT2D eigenvalue weighted by Gasteiger charge is 2.36. The number of carbonyl (C=O) groups is 1. The Morgan fingerprint density at radius 2 is 1.76 bits per heavy atom. The Morgan fingerprint density at radius 1 is 1.10 bits per heavy atom. The van der Waals surface area contributed by atoms with Crippen molar-refractivity contribution in [1.29, 1.82) is 5.41 Å². The maximum Gasteiger partial charge on any atom is 0.267 e. The number of benzene rings is 2. The van der Waals surface area contributed by atoms with Crippen molar-refractivity contribution in [3.05, 3.63) is 97.2 Å². The Morgan fingerprint density at radius 3 is 2.37 bits per heavy atom. The molecule has 5 rings (SSSR count). The average molecular weight is 700 g/mol. The lowest BCUT2D eigenvalue weighted by Crippen LogP contribution is -2.41. The zero-order chi connectivity index (χ0) is 35.8. The van der Waals surface area contributed by atoms with Crippen LogP contribution in [0.1, 0.15) is 85.3 Å². The van der Waals surface area contributed by atoms with Crippen LogP contribution in [0.5, 0.6) is 0 Å². The molecule has 260 valence electrons. The predicted molar refractivity (Wildman–Crippen MR) is 181 cm³/mol. The summed E-state index contributed by atoms with van der Waals surface area (Å²) in [5.74, 6) is -0.104. The van der Waals surface area contributed by atoms with Gasteiger partial charge in [0.25, 0.3) is 5.56 Å². The Labute approximate surface area is 285 Å². The highest BCUT2D eigenvalue weighted by atomic mass is 35.5. The summed E-state index contributed by atoms with van der Waals surface area (Å²) in [6.45, 7) is 6.79. The monoisotopic (exact) mass is 699 g/mol. The lowest BCUT2D eigenvalue weighted by atomic mass is 9.84. The number of hydrazine groups is 1. The molecule has 0 saturated heterocycles. The van der Waals surface area contributed by atoms with Crippen molar-refractivity contribution in [2.24, 2.45) is 11.8 Å². The SMILES string of the molecule is Cc1c(-n2c(C(Cc3cc(F)cc(F)c3)NC(=O)CNN)nc3nc(C4CCC(F)(F)CC4)cc(C)c3c2=O)ccc(Cl)c1C(=N)C(C)C. The molecule has 0 spiro atoms. The van der Waals surface area contributed by atoms with Gasteiger partial charge in [0.15, 0.2) is 5.65 Å². The molecule has 1 saturated carbocycles. The van der Waals surface area contributed by atoms with Gasteiger partial charge in [-0.25, -0.2) is 27.5 Å². The van der Waals surface area contributed by atoms with E-state index in [1.165, 1.54) is 4.57 Å². The second kappa shape index (κ2) is 14.3. The molecule has 2 aromatic heterocycles. The van der Waals surface area contributed by atoms with Crippen molar-refractivity contribution in [2.45, 2.75) is 77.7 Å². The van der Waals surface area contributed by atoms with Gasteiger partial charge in [-0.3, -0.25) is 25.4 Å². The Kier molecular flexibility index (Phi) is 10.6. The first-order chi connectivity index (χ1) is 23.1. The molecule has 2 heterocycles. The number of fused-ring (bicyclic) bond motifs is 1. The summed E-state index contributed by atoms with van der Waals surface area (Å²) >= 11 is 6.59. The molecule has 5 N–H and O–H groups in total. The Balaban J connectivity index is 1.81. The number of carbonyl (C=O) groups excluding carboxylic acids is 1. The summed E-state index contributed by atoms with van der Waals surface area (Å²) in [7, 11) is 0. The summed E-state index contributed by atoms with van der Waals surface area (Å²) < 4.78 is 58.0. The van der Waals surface area contributed by atoms with Crippen LogP contribution in [0.2, 0.25) is 5.02 Å². The van der Waals surface area contributed by atoms with E-state index in [1.807, 2.05) is 13.8 Å². The third-order valence-corrected chi connectivity index (χ3v) is 9.28. The second-order valence-corrected chi connectivity index (χ2v) is 13.3. The molecule has 1 aliphatic rings. The number of pyridine rings is 1.